The number of nitrogens with one attached hydrogen (secondary N) is 1. The molecule has 3 rings (SSSR count). The lowest BCUT2D eigenvalue weighted by Crippen LogP contribution is -2.26. The Labute approximate surface area is 110 Å². The third kappa shape index (κ3) is 2.02. The molecule has 0 spiro atoms. The van der Waals surface area contributed by atoms with Crippen molar-refractivity contribution in [3.05, 3.63) is 33.9 Å². The highest BCUT2D eigenvalue weighted by molar-refractivity contribution is 5.66. The van der Waals surface area contributed by atoms with E-state index in [1.165, 1.54) is 6.07 Å². The lowest BCUT2D eigenvalue weighted by Gasteiger charge is -2.19. The molecule has 0 radical (unpaired) electrons. The topological polar surface area (TPSA) is 82.2 Å². The van der Waals surface area contributed by atoms with Crippen molar-refractivity contribution in [2.45, 2.75) is 0 Å². The second kappa shape index (κ2) is 4.52. The first-order chi connectivity index (χ1) is 9.19. The van der Waals surface area contributed by atoms with Crippen molar-refractivity contribution in [3.63, 3.8) is 0 Å². The van der Waals surface area contributed by atoms with Crippen LogP contribution in [0.2, 0.25) is 0 Å². The first-order valence-corrected chi connectivity index (χ1v) is 6.33. The highest BCUT2D eigenvalue weighted by Crippen LogP contribution is 2.36. The van der Waals surface area contributed by atoms with Gasteiger partial charge in [-0.2, -0.15) is 5.26 Å². The quantitative estimate of drug-likeness (QED) is 0.635. The molecule has 2 fully saturated rings. The molecule has 1 aromatic carbocycles. The van der Waals surface area contributed by atoms with Gasteiger partial charge in [-0.05, 0) is 24.0 Å². The standard InChI is InChI=1S/C13H14N4O2/c14-4-9-1-2-12(13(3-9)17(18)19)16-7-10-5-15-6-11(10)8-16/h1-3,10-11,15H,5-8H2. The van der Waals surface area contributed by atoms with Gasteiger partial charge in [0, 0.05) is 32.2 Å². The summed E-state index contributed by atoms with van der Waals surface area (Å²) in [5.74, 6) is 1.16. The van der Waals surface area contributed by atoms with E-state index in [0.29, 0.717) is 23.1 Å². The van der Waals surface area contributed by atoms with Gasteiger partial charge in [-0.25, -0.2) is 0 Å². The first kappa shape index (κ1) is 11.9. The van der Waals surface area contributed by atoms with Gasteiger partial charge in [0.1, 0.15) is 5.69 Å². The van der Waals surface area contributed by atoms with Crippen LogP contribution in [0.4, 0.5) is 11.4 Å². The van der Waals surface area contributed by atoms with E-state index in [2.05, 4.69) is 10.2 Å². The van der Waals surface area contributed by atoms with Gasteiger partial charge >= 0.3 is 0 Å². The Morgan fingerprint density at radius 3 is 2.63 bits per heavy atom. The Morgan fingerprint density at radius 2 is 2.05 bits per heavy atom. The van der Waals surface area contributed by atoms with Crippen LogP contribution >= 0.6 is 0 Å². The van der Waals surface area contributed by atoms with Crippen LogP contribution in [0.1, 0.15) is 5.56 Å². The minimum absolute atomic E-state index is 0.0342. The maximum Gasteiger partial charge on any atom is 0.293 e. The molecule has 1 aromatic rings. The third-order valence-electron chi connectivity index (χ3n) is 4.03. The van der Waals surface area contributed by atoms with Crippen molar-refractivity contribution in [1.29, 1.82) is 5.26 Å². The van der Waals surface area contributed by atoms with Crippen molar-refractivity contribution in [2.75, 3.05) is 31.1 Å². The number of hydrogen-bond donors (Lipinski definition) is 1. The number of nitro benzene ring substituents is 1. The molecule has 0 bridgehead atoms. The molecule has 0 aliphatic carbocycles. The smallest absolute Gasteiger partial charge is 0.293 e. The molecule has 98 valence electrons. The van der Waals surface area contributed by atoms with Gasteiger partial charge in [-0.15, -0.1) is 0 Å². The predicted molar refractivity (Wildman–Crippen MR) is 69.9 cm³/mol. The number of nitrogens with zero attached hydrogens (tertiary/aromatic N) is 3. The van der Waals surface area contributed by atoms with Gasteiger partial charge in [0.25, 0.3) is 5.69 Å². The summed E-state index contributed by atoms with van der Waals surface area (Å²) >= 11 is 0. The highest BCUT2D eigenvalue weighted by Gasteiger charge is 2.37. The third-order valence-corrected chi connectivity index (χ3v) is 4.03. The lowest BCUT2D eigenvalue weighted by atomic mass is 10.0. The van der Waals surface area contributed by atoms with Crippen molar-refractivity contribution >= 4 is 11.4 Å². The van der Waals surface area contributed by atoms with Crippen molar-refractivity contribution < 1.29 is 4.92 Å². The Bertz CT molecular complexity index is 554. The summed E-state index contributed by atoms with van der Waals surface area (Å²) in [4.78, 5) is 12.8. The van der Waals surface area contributed by atoms with Crippen LogP contribution < -0.4 is 10.2 Å². The fourth-order valence-corrected chi connectivity index (χ4v) is 3.06. The van der Waals surface area contributed by atoms with E-state index in [1.54, 1.807) is 12.1 Å². The fraction of sp³-hybridized carbons (Fsp3) is 0.462. The summed E-state index contributed by atoms with van der Waals surface area (Å²) in [7, 11) is 0. The number of hydrogen-bond acceptors (Lipinski definition) is 5. The molecule has 0 saturated carbocycles. The minimum atomic E-state index is -0.400. The molecule has 2 heterocycles. The van der Waals surface area contributed by atoms with Crippen LogP contribution in [-0.4, -0.2) is 31.1 Å². The van der Waals surface area contributed by atoms with Gasteiger partial charge in [-0.3, -0.25) is 10.1 Å². The zero-order valence-electron chi connectivity index (χ0n) is 10.4. The molecule has 6 heteroatoms. The Balaban J connectivity index is 1.93. The molecule has 0 amide bonds. The molecule has 2 atom stereocenters. The monoisotopic (exact) mass is 258 g/mol. The van der Waals surface area contributed by atoms with E-state index < -0.39 is 4.92 Å². The molecule has 2 saturated heterocycles. The summed E-state index contributed by atoms with van der Waals surface area (Å²) in [5.41, 5.74) is 1.00. The molecular formula is C13H14N4O2. The zero-order chi connectivity index (χ0) is 13.4. The first-order valence-electron chi connectivity index (χ1n) is 6.33. The Morgan fingerprint density at radius 1 is 1.37 bits per heavy atom. The molecular weight excluding hydrogens is 244 g/mol. The molecule has 6 nitrogen and oxygen atoms in total. The summed E-state index contributed by atoms with van der Waals surface area (Å²) in [6.07, 6.45) is 0. The van der Waals surface area contributed by atoms with E-state index in [4.69, 9.17) is 5.26 Å². The number of anilines is 1. The number of nitro groups is 1. The van der Waals surface area contributed by atoms with Crippen LogP contribution in [0.25, 0.3) is 0 Å². The predicted octanol–water partition coefficient (Wildman–Crippen LogP) is 1.12. The van der Waals surface area contributed by atoms with E-state index in [9.17, 15) is 10.1 Å². The molecule has 2 aliphatic heterocycles. The van der Waals surface area contributed by atoms with Crippen molar-refractivity contribution in [1.82, 2.24) is 5.32 Å². The molecule has 1 N–H and O–H groups in total. The van der Waals surface area contributed by atoms with Gasteiger partial charge in [-0.1, -0.05) is 0 Å². The normalized spacial score (nSPS) is 25.1. The SMILES string of the molecule is N#Cc1ccc(N2CC3CNCC3C2)c([N+](=O)[O-])c1. The van der Waals surface area contributed by atoms with Gasteiger partial charge < -0.3 is 10.2 Å². The number of rotatable bonds is 2. The van der Waals surface area contributed by atoms with Crippen LogP contribution in [0.3, 0.4) is 0 Å². The van der Waals surface area contributed by atoms with E-state index in [0.717, 1.165) is 26.2 Å². The second-order valence-electron chi connectivity index (χ2n) is 5.16. The van der Waals surface area contributed by atoms with Gasteiger partial charge in [0.2, 0.25) is 0 Å². The maximum atomic E-state index is 11.2. The Hall–Kier alpha value is -2.13. The van der Waals surface area contributed by atoms with Crippen molar-refractivity contribution in [2.24, 2.45) is 11.8 Å². The summed E-state index contributed by atoms with van der Waals surface area (Å²) in [6, 6.07) is 6.66. The van der Waals surface area contributed by atoms with Gasteiger partial charge in [0.05, 0.1) is 16.6 Å². The summed E-state index contributed by atoms with van der Waals surface area (Å²) < 4.78 is 0. The van der Waals surface area contributed by atoms with Gasteiger partial charge in [0.15, 0.2) is 0 Å². The lowest BCUT2D eigenvalue weighted by molar-refractivity contribution is -0.384. The van der Waals surface area contributed by atoms with E-state index >= 15 is 0 Å². The number of fused-ring (bicyclic) bond motifs is 1. The molecule has 0 aromatic heterocycles. The van der Waals surface area contributed by atoms with Crippen molar-refractivity contribution in [3.8, 4) is 6.07 Å². The van der Waals surface area contributed by atoms with Crippen LogP contribution in [0.5, 0.6) is 0 Å². The average molecular weight is 258 g/mol. The summed E-state index contributed by atoms with van der Waals surface area (Å²) in [5, 5.41) is 23.3. The molecule has 2 aliphatic rings. The minimum Gasteiger partial charge on any atom is -0.365 e. The molecule has 19 heavy (non-hydrogen) atoms. The van der Waals surface area contributed by atoms with Crippen LogP contribution in [0.15, 0.2) is 18.2 Å². The van der Waals surface area contributed by atoms with Crippen LogP contribution in [-0.2, 0) is 0 Å². The van der Waals surface area contributed by atoms with Crippen LogP contribution in [0, 0.1) is 33.3 Å². The Kier molecular flexibility index (Phi) is 2.84. The van der Waals surface area contributed by atoms with E-state index in [-0.39, 0.29) is 5.69 Å². The summed E-state index contributed by atoms with van der Waals surface area (Å²) in [6.45, 7) is 3.69. The molecule has 2 unspecified atom stereocenters. The maximum absolute atomic E-state index is 11.2. The number of nitriles is 1. The second-order valence-corrected chi connectivity index (χ2v) is 5.16. The van der Waals surface area contributed by atoms with E-state index in [1.807, 2.05) is 6.07 Å². The largest absolute Gasteiger partial charge is 0.365 e. The fourth-order valence-electron chi connectivity index (χ4n) is 3.06. The highest BCUT2D eigenvalue weighted by atomic mass is 16.6. The zero-order valence-corrected chi connectivity index (χ0v) is 10.4. The average Bonchev–Trinajstić information content (AvgIpc) is 2.98. The number of benzene rings is 1.